The highest BCUT2D eigenvalue weighted by atomic mass is 35.5. The predicted octanol–water partition coefficient (Wildman–Crippen LogP) is 2.21. The zero-order chi connectivity index (χ0) is 9.26. The van der Waals surface area contributed by atoms with Gasteiger partial charge in [0.05, 0.1) is 0 Å². The van der Waals surface area contributed by atoms with Crippen LogP contribution in [0.1, 0.15) is 5.69 Å². The molecule has 2 rings (SSSR count). The molecule has 0 saturated carbocycles. The maximum Gasteiger partial charge on any atom is 0.224 e. The van der Waals surface area contributed by atoms with Crippen molar-refractivity contribution < 1.29 is 4.73 Å². The lowest BCUT2D eigenvalue weighted by atomic mass is 10.2. The third-order valence-corrected chi connectivity index (χ3v) is 2.28. The Kier molecular flexibility index (Phi) is 2.07. The van der Waals surface area contributed by atoms with Gasteiger partial charge in [-0.15, -0.1) is 11.6 Å². The molecule has 13 heavy (non-hydrogen) atoms. The molecule has 0 aliphatic heterocycles. The van der Waals surface area contributed by atoms with E-state index in [1.165, 1.54) is 0 Å². The lowest BCUT2D eigenvalue weighted by Crippen LogP contribution is -2.31. The second kappa shape index (κ2) is 3.23. The molecule has 0 fully saturated rings. The standard InChI is InChI=1S/C10H8ClNO/c11-7-9-6-5-8-3-1-2-4-10(8)12(9)13/h1-6H,7H2. The number of alkyl halides is 1. The minimum atomic E-state index is 0.244. The van der Waals surface area contributed by atoms with Gasteiger partial charge in [-0.25, -0.2) is 0 Å². The highest BCUT2D eigenvalue weighted by Gasteiger charge is 2.07. The van der Waals surface area contributed by atoms with Gasteiger partial charge in [0.2, 0.25) is 11.2 Å². The van der Waals surface area contributed by atoms with Gasteiger partial charge in [-0.2, -0.15) is 4.73 Å². The van der Waals surface area contributed by atoms with Gasteiger partial charge >= 0.3 is 0 Å². The molecule has 0 amide bonds. The van der Waals surface area contributed by atoms with Crippen LogP contribution in [0, 0.1) is 5.21 Å². The molecule has 2 aromatic rings. The van der Waals surface area contributed by atoms with Crippen LogP contribution in [-0.2, 0) is 5.88 Å². The molecule has 0 spiro atoms. The third-order valence-electron chi connectivity index (χ3n) is 2.01. The summed E-state index contributed by atoms with van der Waals surface area (Å²) in [6.07, 6.45) is 0. The number of halogens is 1. The van der Waals surface area contributed by atoms with Crippen molar-refractivity contribution in [3.05, 3.63) is 47.3 Å². The molecule has 0 N–H and O–H groups in total. The van der Waals surface area contributed by atoms with E-state index in [-0.39, 0.29) is 5.88 Å². The number of fused-ring (bicyclic) bond motifs is 1. The molecule has 2 nitrogen and oxygen atoms in total. The highest BCUT2D eigenvalue weighted by molar-refractivity contribution is 6.16. The number of nitrogens with zero attached hydrogens (tertiary/aromatic N) is 1. The van der Waals surface area contributed by atoms with Crippen molar-refractivity contribution in [2.75, 3.05) is 0 Å². The molecule has 1 heterocycles. The van der Waals surface area contributed by atoms with Crippen molar-refractivity contribution in [3.8, 4) is 0 Å². The Hall–Kier alpha value is -1.28. The van der Waals surface area contributed by atoms with Gasteiger partial charge in [0.15, 0.2) is 0 Å². The van der Waals surface area contributed by atoms with Gasteiger partial charge in [-0.05, 0) is 12.1 Å². The van der Waals surface area contributed by atoms with E-state index in [4.69, 9.17) is 11.6 Å². The SMILES string of the molecule is [O-][n+]1c(CCl)ccc2ccccc21. The van der Waals surface area contributed by atoms with Crippen molar-refractivity contribution in [2.24, 2.45) is 0 Å². The molecule has 66 valence electrons. The largest absolute Gasteiger partial charge is 0.618 e. The minimum absolute atomic E-state index is 0.244. The highest BCUT2D eigenvalue weighted by Crippen LogP contribution is 2.10. The predicted molar refractivity (Wildman–Crippen MR) is 52.5 cm³/mol. The fraction of sp³-hybridized carbons (Fsp3) is 0.100. The average molecular weight is 194 g/mol. The van der Waals surface area contributed by atoms with Crippen molar-refractivity contribution >= 4 is 22.5 Å². The van der Waals surface area contributed by atoms with Crippen LogP contribution in [0.3, 0.4) is 0 Å². The number of hydrogen-bond donors (Lipinski definition) is 0. The van der Waals surface area contributed by atoms with E-state index in [9.17, 15) is 5.21 Å². The molecular formula is C10H8ClNO. The second-order valence-electron chi connectivity index (χ2n) is 2.81. The molecule has 0 unspecified atom stereocenters. The summed E-state index contributed by atoms with van der Waals surface area (Å²) in [4.78, 5) is 0. The van der Waals surface area contributed by atoms with Crippen LogP contribution in [0.4, 0.5) is 0 Å². The van der Waals surface area contributed by atoms with Crippen LogP contribution < -0.4 is 4.73 Å². The van der Waals surface area contributed by atoms with Crippen LogP contribution in [0.5, 0.6) is 0 Å². The lowest BCUT2D eigenvalue weighted by molar-refractivity contribution is -0.584. The third kappa shape index (κ3) is 1.33. The molecule has 0 atom stereocenters. The maximum absolute atomic E-state index is 11.6. The van der Waals surface area contributed by atoms with E-state index < -0.39 is 0 Å². The molecule has 0 aliphatic carbocycles. The summed E-state index contributed by atoms with van der Waals surface area (Å²) in [5.41, 5.74) is 1.25. The first kappa shape index (κ1) is 8.32. The van der Waals surface area contributed by atoms with Crippen LogP contribution >= 0.6 is 11.6 Å². The quantitative estimate of drug-likeness (QED) is 0.388. The zero-order valence-electron chi connectivity index (χ0n) is 6.90. The van der Waals surface area contributed by atoms with Gasteiger partial charge in [0.25, 0.3) is 0 Å². The normalized spacial score (nSPS) is 10.5. The first-order valence-electron chi connectivity index (χ1n) is 3.99. The molecule has 1 aromatic heterocycles. The van der Waals surface area contributed by atoms with Crippen molar-refractivity contribution in [3.63, 3.8) is 0 Å². The molecule has 3 heteroatoms. The summed E-state index contributed by atoms with van der Waals surface area (Å²) >= 11 is 5.61. The average Bonchev–Trinajstić information content (AvgIpc) is 2.19. The molecule has 1 aromatic carbocycles. The number of rotatable bonds is 1. The Morgan fingerprint density at radius 1 is 1.15 bits per heavy atom. The Bertz CT molecular complexity index is 442. The molecule has 0 bridgehead atoms. The molecule has 0 radical (unpaired) electrons. The number of aromatic nitrogens is 1. The van der Waals surface area contributed by atoms with Gasteiger partial charge in [0.1, 0.15) is 5.88 Å². The summed E-state index contributed by atoms with van der Waals surface area (Å²) in [5.74, 6) is 0.244. The fourth-order valence-electron chi connectivity index (χ4n) is 1.32. The smallest absolute Gasteiger partial charge is 0.224 e. The van der Waals surface area contributed by atoms with Gasteiger partial charge in [-0.3, -0.25) is 0 Å². The monoisotopic (exact) mass is 193 g/mol. The second-order valence-corrected chi connectivity index (χ2v) is 3.08. The van der Waals surface area contributed by atoms with Gasteiger partial charge in [-0.1, -0.05) is 12.1 Å². The van der Waals surface area contributed by atoms with E-state index in [1.54, 1.807) is 12.1 Å². The number of hydrogen-bond acceptors (Lipinski definition) is 1. The minimum Gasteiger partial charge on any atom is -0.618 e. The Balaban J connectivity index is 2.79. The maximum atomic E-state index is 11.6. The Morgan fingerprint density at radius 2 is 1.92 bits per heavy atom. The number of benzene rings is 1. The van der Waals surface area contributed by atoms with E-state index >= 15 is 0 Å². The molecule has 0 aliphatic rings. The van der Waals surface area contributed by atoms with Crippen LogP contribution in [0.2, 0.25) is 0 Å². The van der Waals surface area contributed by atoms with Crippen molar-refractivity contribution in [1.82, 2.24) is 0 Å². The Morgan fingerprint density at radius 3 is 2.69 bits per heavy atom. The first-order valence-corrected chi connectivity index (χ1v) is 4.52. The molecular weight excluding hydrogens is 186 g/mol. The van der Waals surface area contributed by atoms with E-state index in [0.717, 1.165) is 10.1 Å². The number of pyridine rings is 1. The van der Waals surface area contributed by atoms with Crippen LogP contribution in [0.25, 0.3) is 10.9 Å². The Labute approximate surface area is 81.0 Å². The summed E-state index contributed by atoms with van der Waals surface area (Å²) in [6, 6.07) is 11.1. The number of para-hydroxylation sites is 1. The summed E-state index contributed by atoms with van der Waals surface area (Å²) in [7, 11) is 0. The van der Waals surface area contributed by atoms with E-state index in [0.29, 0.717) is 11.2 Å². The molecule has 0 saturated heterocycles. The van der Waals surface area contributed by atoms with Gasteiger partial charge < -0.3 is 5.21 Å². The summed E-state index contributed by atoms with van der Waals surface area (Å²) in [5, 5.41) is 12.5. The van der Waals surface area contributed by atoms with Crippen molar-refractivity contribution in [2.45, 2.75) is 5.88 Å². The fourth-order valence-corrected chi connectivity index (χ4v) is 1.52. The first-order chi connectivity index (χ1) is 6.33. The van der Waals surface area contributed by atoms with Crippen LogP contribution in [-0.4, -0.2) is 0 Å². The topological polar surface area (TPSA) is 26.9 Å². The lowest BCUT2D eigenvalue weighted by Gasteiger charge is -2.04. The summed E-state index contributed by atoms with van der Waals surface area (Å²) in [6.45, 7) is 0. The zero-order valence-corrected chi connectivity index (χ0v) is 7.66. The van der Waals surface area contributed by atoms with Gasteiger partial charge in [0, 0.05) is 17.5 Å². The van der Waals surface area contributed by atoms with Crippen LogP contribution in [0.15, 0.2) is 36.4 Å². The van der Waals surface area contributed by atoms with E-state index in [2.05, 4.69) is 0 Å². The van der Waals surface area contributed by atoms with Crippen molar-refractivity contribution in [1.29, 1.82) is 0 Å². The summed E-state index contributed by atoms with van der Waals surface area (Å²) < 4.78 is 0.877. The van der Waals surface area contributed by atoms with E-state index in [1.807, 2.05) is 24.3 Å².